The Hall–Kier alpha value is -3.37. The van der Waals surface area contributed by atoms with Crippen molar-refractivity contribution in [2.24, 2.45) is 0 Å². The van der Waals surface area contributed by atoms with Crippen molar-refractivity contribution in [3.8, 4) is 5.75 Å². The minimum Gasteiger partial charge on any atom is -0.495 e. The second-order valence-corrected chi connectivity index (χ2v) is 10.3. The maximum Gasteiger partial charge on any atom is 0.262 e. The Morgan fingerprint density at radius 3 is 2.48 bits per heavy atom. The van der Waals surface area contributed by atoms with E-state index < -0.39 is 38.7 Å². The molecule has 0 unspecified atom stereocenters. The quantitative estimate of drug-likeness (QED) is 0.402. The predicted octanol–water partition coefficient (Wildman–Crippen LogP) is 4.61. The Morgan fingerprint density at radius 2 is 1.82 bits per heavy atom. The number of benzene rings is 3. The van der Waals surface area contributed by atoms with Crippen LogP contribution in [0, 0.1) is 11.6 Å². The molecule has 1 aliphatic heterocycles. The zero-order valence-electron chi connectivity index (χ0n) is 17.3. The molecule has 0 bridgehead atoms. The minimum absolute atomic E-state index is 0.153. The van der Waals surface area contributed by atoms with Crippen molar-refractivity contribution >= 4 is 45.0 Å². The number of anilines is 2. The third kappa shape index (κ3) is 4.71. The number of carbonyl (C=O) groups excluding carboxylic acids is 1. The molecule has 0 atom stereocenters. The number of nitrogens with one attached hydrogen (secondary N) is 1. The molecule has 6 nitrogen and oxygen atoms in total. The van der Waals surface area contributed by atoms with Crippen LogP contribution >= 0.6 is 11.8 Å². The second-order valence-electron chi connectivity index (χ2n) is 7.18. The van der Waals surface area contributed by atoms with E-state index in [1.54, 1.807) is 30.3 Å². The van der Waals surface area contributed by atoms with Crippen LogP contribution in [0.5, 0.6) is 5.75 Å². The summed E-state index contributed by atoms with van der Waals surface area (Å²) in [6.07, 6.45) is 1.66. The average Bonchev–Trinajstić information content (AvgIpc) is 2.77. The highest BCUT2D eigenvalue weighted by atomic mass is 32.2. The molecule has 1 heterocycles. The molecule has 0 saturated heterocycles. The number of amides is 1. The molecule has 3 aromatic carbocycles. The number of thioether (sulfide) groups is 1. The van der Waals surface area contributed by atoms with Crippen molar-refractivity contribution in [2.75, 3.05) is 18.2 Å². The molecule has 0 spiro atoms. The summed E-state index contributed by atoms with van der Waals surface area (Å²) in [7, 11) is -2.56. The van der Waals surface area contributed by atoms with Gasteiger partial charge in [0.2, 0.25) is 0 Å². The molecular formula is C23H18F2N2O4S2. The van der Waals surface area contributed by atoms with Crippen molar-refractivity contribution < 1.29 is 26.7 Å². The highest BCUT2D eigenvalue weighted by Gasteiger charge is 2.25. The standard InChI is InChI=1S/C23H18F2N2O4S2/c1-31-20-7-5-13(9-18(20)26)10-22-23(28)27-19-11-14(6-8-21(19)32-22)33(29,30)12-15-16(24)3-2-4-17(15)25/h2-11H,12,26H2,1H3,(H,27,28)/b22-10+. The van der Waals surface area contributed by atoms with Gasteiger partial charge in [0.05, 0.1) is 34.0 Å². The third-order valence-electron chi connectivity index (χ3n) is 4.95. The third-order valence-corrected chi connectivity index (χ3v) is 7.69. The van der Waals surface area contributed by atoms with Crippen LogP contribution < -0.4 is 15.8 Å². The van der Waals surface area contributed by atoms with E-state index in [-0.39, 0.29) is 4.90 Å². The monoisotopic (exact) mass is 488 g/mol. The van der Waals surface area contributed by atoms with E-state index in [1.165, 1.54) is 31.0 Å². The number of nitrogens with two attached hydrogens (primary N) is 1. The summed E-state index contributed by atoms with van der Waals surface area (Å²) >= 11 is 1.17. The lowest BCUT2D eigenvalue weighted by atomic mass is 10.1. The number of methoxy groups -OCH3 is 1. The number of carbonyl (C=O) groups is 1. The lowest BCUT2D eigenvalue weighted by Gasteiger charge is -2.19. The molecule has 0 saturated carbocycles. The Kier molecular flexibility index (Phi) is 6.13. The first-order valence-electron chi connectivity index (χ1n) is 9.62. The molecule has 3 aromatic rings. The first-order valence-corrected chi connectivity index (χ1v) is 12.1. The van der Waals surface area contributed by atoms with E-state index in [0.717, 1.165) is 18.2 Å². The van der Waals surface area contributed by atoms with Gasteiger partial charge in [-0.1, -0.05) is 23.9 Å². The van der Waals surface area contributed by atoms with Gasteiger partial charge in [0.25, 0.3) is 5.91 Å². The Bertz CT molecular complexity index is 1390. The Morgan fingerprint density at radius 1 is 1.09 bits per heavy atom. The molecule has 1 amide bonds. The summed E-state index contributed by atoms with van der Waals surface area (Å²) in [5.41, 5.74) is 6.80. The lowest BCUT2D eigenvalue weighted by Crippen LogP contribution is -2.18. The van der Waals surface area contributed by atoms with Crippen molar-refractivity contribution in [1.29, 1.82) is 0 Å². The summed E-state index contributed by atoms with van der Waals surface area (Å²) in [4.78, 5) is 13.5. The van der Waals surface area contributed by atoms with Crippen molar-refractivity contribution in [3.63, 3.8) is 0 Å². The highest BCUT2D eigenvalue weighted by Crippen LogP contribution is 2.40. The van der Waals surface area contributed by atoms with Crippen LogP contribution in [-0.4, -0.2) is 21.4 Å². The first-order chi connectivity index (χ1) is 15.7. The van der Waals surface area contributed by atoms with Crippen LogP contribution in [0.4, 0.5) is 20.2 Å². The Balaban J connectivity index is 1.61. The molecule has 170 valence electrons. The number of ether oxygens (including phenoxy) is 1. The van der Waals surface area contributed by atoms with Gasteiger partial charge in [0.15, 0.2) is 9.84 Å². The van der Waals surface area contributed by atoms with Crippen LogP contribution in [0.3, 0.4) is 0 Å². The molecule has 0 radical (unpaired) electrons. The normalized spacial score (nSPS) is 14.6. The van der Waals surface area contributed by atoms with Gasteiger partial charge in [-0.25, -0.2) is 17.2 Å². The van der Waals surface area contributed by atoms with Crippen molar-refractivity contribution in [1.82, 2.24) is 0 Å². The smallest absolute Gasteiger partial charge is 0.262 e. The molecule has 4 rings (SSSR count). The molecule has 0 fully saturated rings. The molecular weight excluding hydrogens is 470 g/mol. The number of nitrogen functional groups attached to an aromatic ring is 1. The topological polar surface area (TPSA) is 98.5 Å². The lowest BCUT2D eigenvalue weighted by molar-refractivity contribution is -0.112. The zero-order valence-corrected chi connectivity index (χ0v) is 18.9. The summed E-state index contributed by atoms with van der Waals surface area (Å²) in [5.74, 6) is -2.61. The minimum atomic E-state index is -4.06. The summed E-state index contributed by atoms with van der Waals surface area (Å²) < 4.78 is 58.5. The van der Waals surface area contributed by atoms with Crippen molar-refractivity contribution in [2.45, 2.75) is 15.5 Å². The molecule has 0 aliphatic carbocycles. The second kappa shape index (κ2) is 8.87. The maximum absolute atomic E-state index is 13.9. The van der Waals surface area contributed by atoms with Crippen LogP contribution in [0.2, 0.25) is 0 Å². The Labute approximate surface area is 193 Å². The van der Waals surface area contributed by atoms with Crippen LogP contribution in [0.1, 0.15) is 11.1 Å². The summed E-state index contributed by atoms with van der Waals surface area (Å²) in [5, 5.41) is 2.67. The predicted molar refractivity (Wildman–Crippen MR) is 124 cm³/mol. The fourth-order valence-electron chi connectivity index (χ4n) is 3.27. The number of rotatable bonds is 5. The largest absolute Gasteiger partial charge is 0.495 e. The van der Waals surface area contributed by atoms with Gasteiger partial charge in [0.1, 0.15) is 17.4 Å². The van der Waals surface area contributed by atoms with E-state index in [9.17, 15) is 22.0 Å². The molecule has 3 N–H and O–H groups in total. The zero-order chi connectivity index (χ0) is 23.8. The van der Waals surface area contributed by atoms with Gasteiger partial charge in [-0.3, -0.25) is 4.79 Å². The van der Waals surface area contributed by atoms with Gasteiger partial charge in [-0.2, -0.15) is 0 Å². The van der Waals surface area contributed by atoms with Crippen LogP contribution in [0.15, 0.2) is 69.3 Å². The van der Waals surface area contributed by atoms with E-state index in [0.29, 0.717) is 32.5 Å². The number of halogens is 2. The SMILES string of the molecule is COc1ccc(/C=C2/Sc3ccc(S(=O)(=O)Cc4c(F)cccc4F)cc3NC2=O)cc1N. The van der Waals surface area contributed by atoms with Crippen LogP contribution in [-0.2, 0) is 20.4 Å². The molecule has 33 heavy (non-hydrogen) atoms. The number of sulfone groups is 1. The number of fused-ring (bicyclic) bond motifs is 1. The average molecular weight is 489 g/mol. The molecule has 0 aromatic heterocycles. The van der Waals surface area contributed by atoms with Gasteiger partial charge in [0, 0.05) is 10.5 Å². The first kappa shape index (κ1) is 22.8. The number of hydrogen-bond donors (Lipinski definition) is 2. The van der Waals surface area contributed by atoms with E-state index in [4.69, 9.17) is 10.5 Å². The van der Waals surface area contributed by atoms with Crippen molar-refractivity contribution in [3.05, 3.63) is 82.3 Å². The van der Waals surface area contributed by atoms with E-state index >= 15 is 0 Å². The van der Waals surface area contributed by atoms with Gasteiger partial charge in [-0.15, -0.1) is 0 Å². The summed E-state index contributed by atoms with van der Waals surface area (Å²) in [6.45, 7) is 0. The number of hydrogen-bond acceptors (Lipinski definition) is 6. The fraction of sp³-hybridized carbons (Fsp3) is 0.0870. The van der Waals surface area contributed by atoms with Gasteiger partial charge in [-0.05, 0) is 54.1 Å². The van der Waals surface area contributed by atoms with Crippen LogP contribution in [0.25, 0.3) is 6.08 Å². The molecule has 10 heteroatoms. The van der Waals surface area contributed by atoms with Gasteiger partial charge >= 0.3 is 0 Å². The van der Waals surface area contributed by atoms with Gasteiger partial charge < -0.3 is 15.8 Å². The van der Waals surface area contributed by atoms with E-state index in [1.807, 2.05) is 0 Å². The summed E-state index contributed by atoms with van der Waals surface area (Å²) in [6, 6.07) is 12.5. The maximum atomic E-state index is 13.9. The van der Waals surface area contributed by atoms with E-state index in [2.05, 4.69) is 5.32 Å². The molecule has 1 aliphatic rings. The highest BCUT2D eigenvalue weighted by molar-refractivity contribution is 8.04. The fourth-order valence-corrected chi connectivity index (χ4v) is 5.60.